The Kier molecular flexibility index (Phi) is 2.38. The van der Waals surface area contributed by atoms with Gasteiger partial charge in [-0.1, -0.05) is 12.1 Å². The third-order valence-electron chi connectivity index (χ3n) is 2.23. The highest BCUT2D eigenvalue weighted by molar-refractivity contribution is 5.62. The molecule has 16 heavy (non-hydrogen) atoms. The van der Waals surface area contributed by atoms with Crippen LogP contribution in [0.2, 0.25) is 0 Å². The Morgan fingerprint density at radius 3 is 2.00 bits per heavy atom. The van der Waals surface area contributed by atoms with Crippen molar-refractivity contribution >= 4 is 5.82 Å². The van der Waals surface area contributed by atoms with Crippen LogP contribution in [0.3, 0.4) is 0 Å². The van der Waals surface area contributed by atoms with Crippen LogP contribution < -0.4 is 5.73 Å². The first-order valence-corrected chi connectivity index (χ1v) is 4.59. The average Bonchev–Trinajstić information content (AvgIpc) is 2.64. The maximum atomic E-state index is 12.3. The van der Waals surface area contributed by atoms with Gasteiger partial charge in [-0.05, 0) is 29.8 Å². The topological polar surface area (TPSA) is 41.8 Å². The van der Waals surface area contributed by atoms with Crippen LogP contribution in [0.1, 0.15) is 5.56 Å². The fraction of sp³-hybridized carbons (Fsp3) is 0.0909. The second-order valence-electron chi connectivity index (χ2n) is 3.40. The van der Waals surface area contributed by atoms with Gasteiger partial charge in [-0.25, -0.2) is 0 Å². The van der Waals surface area contributed by atoms with E-state index < -0.39 is 11.7 Å². The molecule has 2 rings (SSSR count). The molecule has 84 valence electrons. The minimum absolute atomic E-state index is 0.481. The number of halogens is 3. The zero-order valence-electron chi connectivity index (χ0n) is 8.18. The fourth-order valence-electron chi connectivity index (χ4n) is 1.42. The van der Waals surface area contributed by atoms with E-state index in [1.54, 1.807) is 12.1 Å². The first kappa shape index (κ1) is 10.6. The van der Waals surface area contributed by atoms with Gasteiger partial charge in [0, 0.05) is 5.69 Å². The van der Waals surface area contributed by atoms with Gasteiger partial charge in [0.15, 0.2) is 0 Å². The zero-order chi connectivity index (χ0) is 11.8. The predicted octanol–water partition coefficient (Wildman–Crippen LogP) is 3.28. The average molecular weight is 226 g/mol. The molecule has 0 aliphatic rings. The molecule has 2 aromatic rings. The van der Waals surface area contributed by atoms with E-state index >= 15 is 0 Å². The molecule has 0 amide bonds. The van der Waals surface area contributed by atoms with Crippen molar-refractivity contribution in [1.82, 2.24) is 4.98 Å². The smallest absolute Gasteiger partial charge is 0.385 e. The molecule has 0 saturated carbocycles. The van der Waals surface area contributed by atoms with Gasteiger partial charge >= 0.3 is 6.18 Å². The molecule has 0 bridgehead atoms. The summed E-state index contributed by atoms with van der Waals surface area (Å²) in [4.78, 5) is 2.85. The van der Waals surface area contributed by atoms with Gasteiger partial charge < -0.3 is 10.7 Å². The SMILES string of the molecule is Nc1ccc(-c2ccc(C(F)(F)F)cc2)[nH]1. The highest BCUT2D eigenvalue weighted by Crippen LogP contribution is 2.30. The van der Waals surface area contributed by atoms with E-state index in [9.17, 15) is 13.2 Å². The van der Waals surface area contributed by atoms with E-state index in [1.165, 1.54) is 12.1 Å². The molecule has 0 aliphatic carbocycles. The summed E-state index contributed by atoms with van der Waals surface area (Å²) < 4.78 is 36.9. The van der Waals surface area contributed by atoms with Gasteiger partial charge in [-0.2, -0.15) is 13.2 Å². The lowest BCUT2D eigenvalue weighted by Crippen LogP contribution is -2.03. The number of hydrogen-bond donors (Lipinski definition) is 2. The number of anilines is 1. The first-order chi connectivity index (χ1) is 7.47. The molecule has 1 heterocycles. The zero-order valence-corrected chi connectivity index (χ0v) is 8.18. The van der Waals surface area contributed by atoms with E-state index in [1.807, 2.05) is 0 Å². The number of aromatic amines is 1. The second-order valence-corrected chi connectivity index (χ2v) is 3.40. The van der Waals surface area contributed by atoms with E-state index in [2.05, 4.69) is 4.98 Å². The Hall–Kier alpha value is -1.91. The molecule has 0 aliphatic heterocycles. The van der Waals surface area contributed by atoms with Crippen molar-refractivity contribution in [3.63, 3.8) is 0 Å². The molecular formula is C11H9F3N2. The van der Waals surface area contributed by atoms with E-state index in [4.69, 9.17) is 5.73 Å². The highest BCUT2D eigenvalue weighted by Gasteiger charge is 2.29. The van der Waals surface area contributed by atoms with Gasteiger partial charge in [0.25, 0.3) is 0 Å². The molecule has 1 aromatic heterocycles. The number of nitrogens with two attached hydrogens (primary N) is 1. The molecule has 0 radical (unpaired) electrons. The molecular weight excluding hydrogens is 217 g/mol. The Balaban J connectivity index is 2.33. The fourth-order valence-corrected chi connectivity index (χ4v) is 1.42. The maximum Gasteiger partial charge on any atom is 0.416 e. The van der Waals surface area contributed by atoms with Crippen molar-refractivity contribution in [3.8, 4) is 11.3 Å². The van der Waals surface area contributed by atoms with E-state index in [-0.39, 0.29) is 0 Å². The van der Waals surface area contributed by atoms with Crippen LogP contribution in [0.25, 0.3) is 11.3 Å². The van der Waals surface area contributed by atoms with Crippen molar-refractivity contribution in [1.29, 1.82) is 0 Å². The summed E-state index contributed by atoms with van der Waals surface area (Å²) in [6, 6.07) is 8.30. The number of benzene rings is 1. The predicted molar refractivity (Wildman–Crippen MR) is 55.6 cm³/mol. The van der Waals surface area contributed by atoms with Crippen LogP contribution in [0.15, 0.2) is 36.4 Å². The summed E-state index contributed by atoms with van der Waals surface area (Å²) in [6.45, 7) is 0. The summed E-state index contributed by atoms with van der Waals surface area (Å²) in [7, 11) is 0. The number of H-pyrrole nitrogens is 1. The Morgan fingerprint density at radius 1 is 0.938 bits per heavy atom. The number of rotatable bonds is 1. The summed E-state index contributed by atoms with van der Waals surface area (Å²) >= 11 is 0. The summed E-state index contributed by atoms with van der Waals surface area (Å²) in [5.41, 5.74) is 6.19. The number of aromatic nitrogens is 1. The standard InChI is InChI=1S/C11H9F3N2/c12-11(13,14)8-3-1-7(2-4-8)9-5-6-10(15)16-9/h1-6,16H,15H2. The molecule has 0 atom stereocenters. The molecule has 0 fully saturated rings. The van der Waals surface area contributed by atoms with Crippen molar-refractivity contribution in [2.75, 3.05) is 5.73 Å². The van der Waals surface area contributed by atoms with Gasteiger partial charge in [0.2, 0.25) is 0 Å². The third-order valence-corrected chi connectivity index (χ3v) is 2.23. The lowest BCUT2D eigenvalue weighted by Gasteiger charge is -2.06. The van der Waals surface area contributed by atoms with Crippen LogP contribution in [-0.4, -0.2) is 4.98 Å². The van der Waals surface area contributed by atoms with Crippen molar-refractivity contribution in [3.05, 3.63) is 42.0 Å². The van der Waals surface area contributed by atoms with E-state index in [0.717, 1.165) is 12.1 Å². The van der Waals surface area contributed by atoms with E-state index in [0.29, 0.717) is 17.1 Å². The molecule has 0 unspecified atom stereocenters. The third kappa shape index (κ3) is 2.03. The van der Waals surface area contributed by atoms with Gasteiger partial charge in [0.05, 0.1) is 5.56 Å². The Morgan fingerprint density at radius 2 is 1.56 bits per heavy atom. The summed E-state index contributed by atoms with van der Waals surface area (Å²) in [5, 5.41) is 0. The largest absolute Gasteiger partial charge is 0.416 e. The Labute approximate surface area is 89.9 Å². The molecule has 0 spiro atoms. The quantitative estimate of drug-likeness (QED) is 0.769. The number of nitrogens with one attached hydrogen (secondary N) is 1. The molecule has 5 heteroatoms. The minimum Gasteiger partial charge on any atom is -0.385 e. The number of hydrogen-bond acceptors (Lipinski definition) is 1. The second kappa shape index (κ2) is 3.59. The van der Waals surface area contributed by atoms with Gasteiger partial charge in [-0.3, -0.25) is 0 Å². The number of alkyl halides is 3. The normalized spacial score (nSPS) is 11.7. The minimum atomic E-state index is -4.30. The monoisotopic (exact) mass is 226 g/mol. The highest BCUT2D eigenvalue weighted by atomic mass is 19.4. The Bertz CT molecular complexity index is 483. The lowest BCUT2D eigenvalue weighted by atomic mass is 10.1. The number of nitrogen functional groups attached to an aromatic ring is 1. The molecule has 1 aromatic carbocycles. The molecule has 0 saturated heterocycles. The maximum absolute atomic E-state index is 12.3. The van der Waals surface area contributed by atoms with Crippen LogP contribution in [0, 0.1) is 0 Å². The van der Waals surface area contributed by atoms with Crippen LogP contribution in [-0.2, 0) is 6.18 Å². The van der Waals surface area contributed by atoms with Crippen LogP contribution >= 0.6 is 0 Å². The van der Waals surface area contributed by atoms with Crippen molar-refractivity contribution in [2.24, 2.45) is 0 Å². The van der Waals surface area contributed by atoms with Gasteiger partial charge in [-0.15, -0.1) is 0 Å². The summed E-state index contributed by atoms with van der Waals surface area (Å²) in [6.07, 6.45) is -4.30. The van der Waals surface area contributed by atoms with Crippen molar-refractivity contribution < 1.29 is 13.2 Å². The lowest BCUT2D eigenvalue weighted by molar-refractivity contribution is -0.137. The van der Waals surface area contributed by atoms with Crippen LogP contribution in [0.5, 0.6) is 0 Å². The first-order valence-electron chi connectivity index (χ1n) is 4.59. The molecule has 3 N–H and O–H groups in total. The molecule has 2 nitrogen and oxygen atoms in total. The van der Waals surface area contributed by atoms with Crippen LogP contribution in [0.4, 0.5) is 19.0 Å². The van der Waals surface area contributed by atoms with Gasteiger partial charge in [0.1, 0.15) is 5.82 Å². The van der Waals surface area contributed by atoms with Crippen molar-refractivity contribution in [2.45, 2.75) is 6.18 Å². The summed E-state index contributed by atoms with van der Waals surface area (Å²) in [5.74, 6) is 0.481.